The van der Waals surface area contributed by atoms with Gasteiger partial charge < -0.3 is 9.72 Å². The molecular formula is C15H13ClN2O2. The van der Waals surface area contributed by atoms with Crippen molar-refractivity contribution in [2.24, 2.45) is 0 Å². The number of nitrogens with one attached hydrogen (secondary N) is 1. The molecule has 0 unspecified atom stereocenters. The molecule has 0 fully saturated rings. The van der Waals surface area contributed by atoms with Gasteiger partial charge in [0.05, 0.1) is 19.2 Å². The zero-order chi connectivity index (χ0) is 14.1. The highest BCUT2D eigenvalue weighted by Crippen LogP contribution is 2.23. The largest absolute Gasteiger partial charge is 0.494 e. The number of methoxy groups -OCH3 is 1. The van der Waals surface area contributed by atoms with E-state index in [4.69, 9.17) is 16.3 Å². The van der Waals surface area contributed by atoms with Crippen LogP contribution in [0.2, 0.25) is 5.02 Å². The van der Waals surface area contributed by atoms with Gasteiger partial charge in [0, 0.05) is 5.02 Å². The minimum Gasteiger partial charge on any atom is -0.494 e. The third kappa shape index (κ3) is 2.18. The van der Waals surface area contributed by atoms with Gasteiger partial charge in [0.25, 0.3) is 0 Å². The summed E-state index contributed by atoms with van der Waals surface area (Å²) in [5, 5.41) is 0.660. The van der Waals surface area contributed by atoms with Crippen LogP contribution < -0.4 is 10.4 Å². The minimum absolute atomic E-state index is 0.163. The maximum Gasteiger partial charge on any atom is 0.326 e. The van der Waals surface area contributed by atoms with Crippen LogP contribution in [0.25, 0.3) is 11.0 Å². The standard InChI is InChI=1S/C15H13ClN2O2/c1-20-13-7-3-6-12-14(13)17-15(19)18(12)9-10-4-2-5-11(16)8-10/h2-8H,9H2,1H3,(H,17,19). The first-order valence-corrected chi connectivity index (χ1v) is 6.57. The van der Waals surface area contributed by atoms with Crippen LogP contribution in [-0.4, -0.2) is 16.7 Å². The van der Waals surface area contributed by atoms with Gasteiger partial charge in [0.2, 0.25) is 0 Å². The number of para-hydroxylation sites is 1. The van der Waals surface area contributed by atoms with Crippen LogP contribution in [0.5, 0.6) is 5.75 Å². The summed E-state index contributed by atoms with van der Waals surface area (Å²) in [6.07, 6.45) is 0. The highest BCUT2D eigenvalue weighted by atomic mass is 35.5. The molecule has 0 spiro atoms. The highest BCUT2D eigenvalue weighted by Gasteiger charge is 2.10. The fourth-order valence-corrected chi connectivity index (χ4v) is 2.51. The van der Waals surface area contributed by atoms with Crippen LogP contribution in [0.3, 0.4) is 0 Å². The van der Waals surface area contributed by atoms with Crippen LogP contribution in [-0.2, 0) is 6.54 Å². The number of benzene rings is 2. The quantitative estimate of drug-likeness (QED) is 0.805. The number of aromatic nitrogens is 2. The normalized spacial score (nSPS) is 10.9. The van der Waals surface area contributed by atoms with E-state index in [1.807, 2.05) is 42.5 Å². The van der Waals surface area contributed by atoms with Crippen molar-refractivity contribution in [3.63, 3.8) is 0 Å². The molecule has 4 nitrogen and oxygen atoms in total. The van der Waals surface area contributed by atoms with Crippen molar-refractivity contribution in [2.45, 2.75) is 6.54 Å². The number of rotatable bonds is 3. The van der Waals surface area contributed by atoms with E-state index in [0.717, 1.165) is 11.1 Å². The summed E-state index contributed by atoms with van der Waals surface area (Å²) in [5.41, 5.74) is 2.34. The predicted octanol–water partition coefficient (Wildman–Crippen LogP) is 3.04. The van der Waals surface area contributed by atoms with Gasteiger partial charge in [0.15, 0.2) is 0 Å². The van der Waals surface area contributed by atoms with Crippen LogP contribution in [0.4, 0.5) is 0 Å². The number of fused-ring (bicyclic) bond motifs is 1. The molecule has 20 heavy (non-hydrogen) atoms. The molecule has 2 aromatic carbocycles. The zero-order valence-electron chi connectivity index (χ0n) is 10.9. The van der Waals surface area contributed by atoms with E-state index < -0.39 is 0 Å². The van der Waals surface area contributed by atoms with Gasteiger partial charge in [-0.3, -0.25) is 4.57 Å². The lowest BCUT2D eigenvalue weighted by molar-refractivity contribution is 0.419. The first kappa shape index (κ1) is 12.8. The lowest BCUT2D eigenvalue weighted by atomic mass is 10.2. The first-order valence-electron chi connectivity index (χ1n) is 6.19. The maximum absolute atomic E-state index is 12.1. The Hall–Kier alpha value is -2.20. The molecule has 3 aromatic rings. The van der Waals surface area contributed by atoms with E-state index in [1.165, 1.54) is 0 Å². The van der Waals surface area contributed by atoms with Crippen molar-refractivity contribution < 1.29 is 4.74 Å². The van der Waals surface area contributed by atoms with Gasteiger partial charge in [-0.15, -0.1) is 0 Å². The van der Waals surface area contributed by atoms with Crippen LogP contribution in [0.1, 0.15) is 5.56 Å². The molecule has 0 radical (unpaired) electrons. The second-order valence-electron chi connectivity index (χ2n) is 4.50. The minimum atomic E-state index is -0.163. The second kappa shape index (κ2) is 5.06. The van der Waals surface area contributed by atoms with Gasteiger partial charge in [-0.2, -0.15) is 0 Å². The van der Waals surface area contributed by atoms with Gasteiger partial charge in [-0.1, -0.05) is 29.8 Å². The monoisotopic (exact) mass is 288 g/mol. The Morgan fingerprint density at radius 2 is 2.05 bits per heavy atom. The van der Waals surface area contributed by atoms with E-state index in [-0.39, 0.29) is 5.69 Å². The van der Waals surface area contributed by atoms with Gasteiger partial charge in [-0.25, -0.2) is 4.79 Å². The lowest BCUT2D eigenvalue weighted by Crippen LogP contribution is -2.17. The van der Waals surface area contributed by atoms with Crippen molar-refractivity contribution in [2.75, 3.05) is 7.11 Å². The molecule has 102 valence electrons. The van der Waals surface area contributed by atoms with E-state index in [0.29, 0.717) is 22.8 Å². The maximum atomic E-state index is 12.1. The predicted molar refractivity (Wildman–Crippen MR) is 79.7 cm³/mol. The number of ether oxygens (including phenoxy) is 1. The fourth-order valence-electron chi connectivity index (χ4n) is 2.30. The number of hydrogen-bond acceptors (Lipinski definition) is 2. The van der Waals surface area contributed by atoms with Crippen molar-refractivity contribution in [3.05, 3.63) is 63.5 Å². The molecule has 5 heteroatoms. The van der Waals surface area contributed by atoms with Crippen molar-refractivity contribution in [1.29, 1.82) is 0 Å². The molecule has 0 aliphatic rings. The Morgan fingerprint density at radius 3 is 2.80 bits per heavy atom. The highest BCUT2D eigenvalue weighted by molar-refractivity contribution is 6.30. The molecule has 1 N–H and O–H groups in total. The molecule has 1 aromatic heterocycles. The van der Waals surface area contributed by atoms with Crippen molar-refractivity contribution in [3.8, 4) is 5.75 Å². The molecule has 3 rings (SSSR count). The van der Waals surface area contributed by atoms with E-state index in [9.17, 15) is 4.79 Å². The number of nitrogens with zero attached hydrogens (tertiary/aromatic N) is 1. The third-order valence-electron chi connectivity index (χ3n) is 3.22. The molecular weight excluding hydrogens is 276 g/mol. The van der Waals surface area contributed by atoms with Crippen LogP contribution in [0.15, 0.2) is 47.3 Å². The summed E-state index contributed by atoms with van der Waals surface area (Å²) in [6, 6.07) is 13.1. The molecule has 0 atom stereocenters. The van der Waals surface area contributed by atoms with Gasteiger partial charge in [0.1, 0.15) is 11.3 Å². The smallest absolute Gasteiger partial charge is 0.326 e. The number of hydrogen-bond donors (Lipinski definition) is 1. The van der Waals surface area contributed by atoms with Gasteiger partial charge >= 0.3 is 5.69 Å². The van der Waals surface area contributed by atoms with Gasteiger partial charge in [-0.05, 0) is 29.8 Å². The number of halogens is 1. The molecule has 0 saturated carbocycles. The molecule has 0 aliphatic carbocycles. The molecule has 0 saturated heterocycles. The topological polar surface area (TPSA) is 47.0 Å². The van der Waals surface area contributed by atoms with Crippen molar-refractivity contribution >= 4 is 22.6 Å². The zero-order valence-corrected chi connectivity index (χ0v) is 11.6. The average molecular weight is 289 g/mol. The molecule has 0 aliphatic heterocycles. The molecule has 1 heterocycles. The van der Waals surface area contributed by atoms with Crippen LogP contribution in [0, 0.1) is 0 Å². The molecule has 0 bridgehead atoms. The Morgan fingerprint density at radius 1 is 1.25 bits per heavy atom. The summed E-state index contributed by atoms with van der Waals surface area (Å²) < 4.78 is 6.93. The summed E-state index contributed by atoms with van der Waals surface area (Å²) >= 11 is 5.98. The SMILES string of the molecule is COc1cccc2c1[nH]c(=O)n2Cc1cccc(Cl)c1. The first-order chi connectivity index (χ1) is 9.69. The molecule has 0 amide bonds. The van der Waals surface area contributed by atoms with Crippen molar-refractivity contribution in [1.82, 2.24) is 9.55 Å². The number of H-pyrrole nitrogens is 1. The Balaban J connectivity index is 2.12. The van der Waals surface area contributed by atoms with E-state index in [2.05, 4.69) is 4.98 Å². The summed E-state index contributed by atoms with van der Waals surface area (Å²) in [7, 11) is 1.58. The van der Waals surface area contributed by atoms with E-state index in [1.54, 1.807) is 11.7 Å². The average Bonchev–Trinajstić information content (AvgIpc) is 2.75. The second-order valence-corrected chi connectivity index (χ2v) is 4.94. The Kier molecular flexibility index (Phi) is 3.24. The van der Waals surface area contributed by atoms with E-state index >= 15 is 0 Å². The van der Waals surface area contributed by atoms with Crippen LogP contribution >= 0.6 is 11.6 Å². The lowest BCUT2D eigenvalue weighted by Gasteiger charge is -2.05. The Labute approximate surface area is 120 Å². The number of imidazole rings is 1. The number of aromatic amines is 1. The summed E-state index contributed by atoms with van der Waals surface area (Å²) in [5.74, 6) is 0.657. The summed E-state index contributed by atoms with van der Waals surface area (Å²) in [6.45, 7) is 0.465. The third-order valence-corrected chi connectivity index (χ3v) is 3.46. The Bertz CT molecular complexity index is 820. The fraction of sp³-hybridized carbons (Fsp3) is 0.133. The summed E-state index contributed by atoms with van der Waals surface area (Å²) in [4.78, 5) is 14.9.